The lowest BCUT2D eigenvalue weighted by Crippen LogP contribution is -2.22. The van der Waals surface area contributed by atoms with Crippen LogP contribution >= 0.6 is 0 Å². The number of rotatable bonds is 6. The molecule has 3 aromatic rings. The van der Waals surface area contributed by atoms with E-state index in [4.69, 9.17) is 4.74 Å². The number of ether oxygens (including phenoxy) is 1. The number of aryl methyl sites for hydroxylation is 1. The van der Waals surface area contributed by atoms with Crippen molar-refractivity contribution in [1.29, 1.82) is 0 Å². The predicted octanol–water partition coefficient (Wildman–Crippen LogP) is 3.78. The molecule has 4 rings (SSSR count). The number of imidazole rings is 1. The summed E-state index contributed by atoms with van der Waals surface area (Å²) in [5.74, 6) is 2.59. The standard InChI is InChI=1S/C22H26N4O/c1-17-12-24-22(20-6-4-9-23-13-20)26(17)16-19-8-10-25(15-19)14-18-5-3-7-21(11-18)27-2/h3-7,9,11-13,19H,8,10,14-16H2,1-2H3. The summed E-state index contributed by atoms with van der Waals surface area (Å²) < 4.78 is 7.69. The molecule has 0 bridgehead atoms. The Kier molecular flexibility index (Phi) is 5.21. The quantitative estimate of drug-likeness (QED) is 0.669. The normalized spacial score (nSPS) is 17.3. The Balaban J connectivity index is 1.42. The molecular weight excluding hydrogens is 336 g/mol. The van der Waals surface area contributed by atoms with Gasteiger partial charge in [-0.2, -0.15) is 0 Å². The van der Waals surface area contributed by atoms with Crippen LogP contribution in [0.3, 0.4) is 0 Å². The Morgan fingerprint density at radius 2 is 2.11 bits per heavy atom. The summed E-state index contributed by atoms with van der Waals surface area (Å²) in [5, 5.41) is 0. The van der Waals surface area contributed by atoms with Crippen molar-refractivity contribution in [2.75, 3.05) is 20.2 Å². The molecule has 1 aliphatic rings. The largest absolute Gasteiger partial charge is 0.497 e. The first-order valence-corrected chi connectivity index (χ1v) is 9.51. The zero-order valence-corrected chi connectivity index (χ0v) is 16.0. The second kappa shape index (κ2) is 7.92. The molecule has 1 atom stereocenters. The summed E-state index contributed by atoms with van der Waals surface area (Å²) in [6.07, 6.45) is 6.87. The average molecular weight is 362 g/mol. The molecule has 5 heteroatoms. The Labute approximate surface area is 160 Å². The lowest BCUT2D eigenvalue weighted by Gasteiger charge is -2.18. The van der Waals surface area contributed by atoms with Crippen LogP contribution in [0, 0.1) is 12.8 Å². The Morgan fingerprint density at radius 3 is 2.93 bits per heavy atom. The van der Waals surface area contributed by atoms with Gasteiger partial charge in [-0.05, 0) is 55.6 Å². The third-order valence-electron chi connectivity index (χ3n) is 5.33. The molecule has 2 aromatic heterocycles. The number of benzene rings is 1. The Bertz CT molecular complexity index is 890. The van der Waals surface area contributed by atoms with E-state index < -0.39 is 0 Å². The maximum absolute atomic E-state index is 5.35. The van der Waals surface area contributed by atoms with Crippen molar-refractivity contribution in [2.45, 2.75) is 26.4 Å². The van der Waals surface area contributed by atoms with Gasteiger partial charge in [-0.3, -0.25) is 9.88 Å². The first-order chi connectivity index (χ1) is 13.2. The molecule has 1 aromatic carbocycles. The summed E-state index contributed by atoms with van der Waals surface area (Å²) >= 11 is 0. The van der Waals surface area contributed by atoms with E-state index in [0.717, 1.165) is 43.3 Å². The topological polar surface area (TPSA) is 43.2 Å². The van der Waals surface area contributed by atoms with E-state index in [1.165, 1.54) is 17.7 Å². The van der Waals surface area contributed by atoms with E-state index >= 15 is 0 Å². The van der Waals surface area contributed by atoms with E-state index in [9.17, 15) is 0 Å². The molecule has 5 nitrogen and oxygen atoms in total. The molecule has 1 fully saturated rings. The van der Waals surface area contributed by atoms with Crippen LogP contribution in [0.5, 0.6) is 5.75 Å². The third kappa shape index (κ3) is 4.03. The maximum atomic E-state index is 5.35. The van der Waals surface area contributed by atoms with Crippen molar-refractivity contribution < 1.29 is 4.74 Å². The van der Waals surface area contributed by atoms with Gasteiger partial charge in [0, 0.05) is 49.5 Å². The van der Waals surface area contributed by atoms with Crippen LogP contribution in [0.2, 0.25) is 0 Å². The van der Waals surface area contributed by atoms with Crippen molar-refractivity contribution in [3.63, 3.8) is 0 Å². The van der Waals surface area contributed by atoms with Gasteiger partial charge in [0.05, 0.1) is 7.11 Å². The van der Waals surface area contributed by atoms with Crippen LogP contribution < -0.4 is 4.74 Å². The van der Waals surface area contributed by atoms with Crippen LogP contribution in [-0.4, -0.2) is 39.6 Å². The molecule has 1 unspecified atom stereocenters. The van der Waals surface area contributed by atoms with Gasteiger partial charge >= 0.3 is 0 Å². The van der Waals surface area contributed by atoms with Crippen LogP contribution in [0.25, 0.3) is 11.4 Å². The van der Waals surface area contributed by atoms with Gasteiger partial charge in [0.15, 0.2) is 0 Å². The number of nitrogens with zero attached hydrogens (tertiary/aromatic N) is 4. The minimum Gasteiger partial charge on any atom is -0.497 e. The molecule has 0 N–H and O–H groups in total. The molecule has 1 saturated heterocycles. The van der Waals surface area contributed by atoms with Crippen LogP contribution in [-0.2, 0) is 13.1 Å². The average Bonchev–Trinajstić information content (AvgIpc) is 3.30. The van der Waals surface area contributed by atoms with Crippen molar-refractivity contribution in [3.05, 3.63) is 66.2 Å². The van der Waals surface area contributed by atoms with Crippen LogP contribution in [0.15, 0.2) is 55.0 Å². The highest BCUT2D eigenvalue weighted by atomic mass is 16.5. The van der Waals surface area contributed by atoms with Crippen molar-refractivity contribution in [2.24, 2.45) is 5.92 Å². The Hall–Kier alpha value is -2.66. The molecule has 0 spiro atoms. The van der Waals surface area contributed by atoms with Gasteiger partial charge in [-0.15, -0.1) is 0 Å². The van der Waals surface area contributed by atoms with Gasteiger partial charge in [-0.25, -0.2) is 4.98 Å². The molecular formula is C22H26N4O. The number of aromatic nitrogens is 3. The monoisotopic (exact) mass is 362 g/mol. The van der Waals surface area contributed by atoms with E-state index in [1.54, 1.807) is 13.3 Å². The summed E-state index contributed by atoms with van der Waals surface area (Å²) in [5.41, 5.74) is 3.60. The number of likely N-dealkylation sites (tertiary alicyclic amines) is 1. The van der Waals surface area contributed by atoms with Gasteiger partial charge in [0.2, 0.25) is 0 Å². The fourth-order valence-electron chi connectivity index (χ4n) is 3.91. The number of pyridine rings is 1. The predicted molar refractivity (Wildman–Crippen MR) is 107 cm³/mol. The summed E-state index contributed by atoms with van der Waals surface area (Å²) in [4.78, 5) is 11.4. The van der Waals surface area contributed by atoms with Gasteiger partial charge in [-0.1, -0.05) is 12.1 Å². The second-order valence-electron chi connectivity index (χ2n) is 7.32. The molecule has 0 radical (unpaired) electrons. The zero-order valence-electron chi connectivity index (χ0n) is 16.0. The maximum Gasteiger partial charge on any atom is 0.141 e. The molecule has 0 saturated carbocycles. The smallest absolute Gasteiger partial charge is 0.141 e. The summed E-state index contributed by atoms with van der Waals surface area (Å²) in [6.45, 7) is 6.37. The fraction of sp³-hybridized carbons (Fsp3) is 0.364. The molecule has 0 amide bonds. The minimum absolute atomic E-state index is 0.638. The third-order valence-corrected chi connectivity index (χ3v) is 5.33. The number of hydrogen-bond acceptors (Lipinski definition) is 4. The Morgan fingerprint density at radius 1 is 1.19 bits per heavy atom. The SMILES string of the molecule is COc1cccc(CN2CCC(Cn3c(C)cnc3-c3cccnc3)C2)c1. The first kappa shape index (κ1) is 17.7. The highest BCUT2D eigenvalue weighted by Gasteiger charge is 2.24. The molecule has 3 heterocycles. The molecule has 1 aliphatic heterocycles. The van der Waals surface area contributed by atoms with Crippen molar-refractivity contribution in [3.8, 4) is 17.1 Å². The minimum atomic E-state index is 0.638. The number of methoxy groups -OCH3 is 1. The highest BCUT2D eigenvalue weighted by Crippen LogP contribution is 2.25. The number of hydrogen-bond donors (Lipinski definition) is 0. The van der Waals surface area contributed by atoms with Crippen molar-refractivity contribution in [1.82, 2.24) is 19.4 Å². The van der Waals surface area contributed by atoms with Gasteiger partial charge in [0.25, 0.3) is 0 Å². The van der Waals surface area contributed by atoms with E-state index in [0.29, 0.717) is 5.92 Å². The lowest BCUT2D eigenvalue weighted by molar-refractivity contribution is 0.308. The van der Waals surface area contributed by atoms with Crippen LogP contribution in [0.1, 0.15) is 17.7 Å². The molecule has 0 aliphatic carbocycles. The van der Waals surface area contributed by atoms with Gasteiger partial charge in [0.1, 0.15) is 11.6 Å². The van der Waals surface area contributed by atoms with E-state index in [-0.39, 0.29) is 0 Å². The lowest BCUT2D eigenvalue weighted by atomic mass is 10.1. The van der Waals surface area contributed by atoms with Gasteiger partial charge < -0.3 is 9.30 Å². The van der Waals surface area contributed by atoms with E-state index in [1.807, 2.05) is 24.5 Å². The summed E-state index contributed by atoms with van der Waals surface area (Å²) in [7, 11) is 1.72. The first-order valence-electron chi connectivity index (χ1n) is 9.51. The second-order valence-corrected chi connectivity index (χ2v) is 7.32. The van der Waals surface area contributed by atoms with Crippen molar-refractivity contribution >= 4 is 0 Å². The highest BCUT2D eigenvalue weighted by molar-refractivity contribution is 5.54. The fourth-order valence-corrected chi connectivity index (χ4v) is 3.91. The zero-order chi connectivity index (χ0) is 18.6. The summed E-state index contributed by atoms with van der Waals surface area (Å²) in [6, 6.07) is 12.4. The molecule has 140 valence electrons. The van der Waals surface area contributed by atoms with E-state index in [2.05, 4.69) is 50.6 Å². The molecule has 27 heavy (non-hydrogen) atoms. The van der Waals surface area contributed by atoms with Crippen LogP contribution in [0.4, 0.5) is 0 Å².